The highest BCUT2D eigenvalue weighted by Gasteiger charge is 2.28. The SMILES string of the molecule is O=C(NC1N=C(c2ccccc2)c2cc([N+](=O)[O-])ccc2NC1=O)OCc1ccccc1. The molecule has 160 valence electrons. The number of benzodiazepines with no additional fused rings is 1. The summed E-state index contributed by atoms with van der Waals surface area (Å²) in [6.07, 6.45) is -2.11. The molecule has 3 aromatic carbocycles. The number of benzene rings is 3. The van der Waals surface area contributed by atoms with Gasteiger partial charge in [-0.05, 0) is 11.6 Å². The van der Waals surface area contributed by atoms with Gasteiger partial charge in [0.25, 0.3) is 11.6 Å². The first-order chi connectivity index (χ1) is 15.5. The van der Waals surface area contributed by atoms with E-state index in [1.54, 1.807) is 36.4 Å². The molecule has 9 heteroatoms. The predicted octanol–water partition coefficient (Wildman–Crippen LogP) is 3.64. The maximum atomic E-state index is 12.8. The first-order valence-corrected chi connectivity index (χ1v) is 9.71. The number of rotatable bonds is 5. The van der Waals surface area contributed by atoms with Crippen molar-refractivity contribution in [3.8, 4) is 0 Å². The van der Waals surface area contributed by atoms with E-state index in [4.69, 9.17) is 4.74 Å². The van der Waals surface area contributed by atoms with Crippen molar-refractivity contribution in [3.05, 3.63) is 106 Å². The standard InChI is InChI=1S/C23H18N4O5/c28-22-21(26-23(29)32-14-15-7-3-1-4-8-15)25-20(16-9-5-2-6-10-16)18-13-17(27(30)31)11-12-19(18)24-22/h1-13,21H,14H2,(H,24,28)(H,26,29). The summed E-state index contributed by atoms with van der Waals surface area (Å²) < 4.78 is 5.20. The van der Waals surface area contributed by atoms with E-state index in [1.165, 1.54) is 18.2 Å². The Morgan fingerprint density at radius 1 is 1.06 bits per heavy atom. The molecule has 0 fully saturated rings. The number of non-ortho nitro benzene ring substituents is 1. The molecule has 1 unspecified atom stereocenters. The zero-order valence-corrected chi connectivity index (χ0v) is 16.7. The summed E-state index contributed by atoms with van der Waals surface area (Å²) in [5.41, 5.74) is 2.34. The van der Waals surface area contributed by atoms with Gasteiger partial charge in [0.05, 0.1) is 16.3 Å². The summed E-state index contributed by atoms with van der Waals surface area (Å²) >= 11 is 0. The molecule has 32 heavy (non-hydrogen) atoms. The number of amides is 2. The normalized spacial score (nSPS) is 14.9. The monoisotopic (exact) mass is 430 g/mol. The minimum atomic E-state index is -1.29. The Labute approximate surface area is 182 Å². The van der Waals surface area contributed by atoms with E-state index in [-0.39, 0.29) is 12.3 Å². The third-order valence-corrected chi connectivity index (χ3v) is 4.75. The number of anilines is 1. The van der Waals surface area contributed by atoms with Crippen LogP contribution in [0.5, 0.6) is 0 Å². The van der Waals surface area contributed by atoms with E-state index in [9.17, 15) is 19.7 Å². The van der Waals surface area contributed by atoms with Gasteiger partial charge in [-0.25, -0.2) is 9.79 Å². The Hall–Kier alpha value is -4.53. The van der Waals surface area contributed by atoms with Gasteiger partial charge in [-0.1, -0.05) is 60.7 Å². The number of nitrogens with one attached hydrogen (secondary N) is 2. The van der Waals surface area contributed by atoms with Crippen LogP contribution in [0.25, 0.3) is 0 Å². The number of nitro benzene ring substituents is 1. The van der Waals surface area contributed by atoms with E-state index in [0.717, 1.165) is 5.56 Å². The second kappa shape index (κ2) is 9.09. The first kappa shape index (κ1) is 20.7. The smallest absolute Gasteiger partial charge is 0.409 e. The zero-order chi connectivity index (χ0) is 22.5. The van der Waals surface area contributed by atoms with Crippen LogP contribution >= 0.6 is 0 Å². The Morgan fingerprint density at radius 2 is 1.75 bits per heavy atom. The van der Waals surface area contributed by atoms with E-state index in [2.05, 4.69) is 15.6 Å². The summed E-state index contributed by atoms with van der Waals surface area (Å²) in [5, 5.41) is 16.4. The van der Waals surface area contributed by atoms with Crippen molar-refractivity contribution in [2.75, 3.05) is 5.32 Å². The molecular weight excluding hydrogens is 412 g/mol. The zero-order valence-electron chi connectivity index (χ0n) is 16.7. The topological polar surface area (TPSA) is 123 Å². The van der Waals surface area contributed by atoms with Crippen LogP contribution in [-0.2, 0) is 16.1 Å². The number of alkyl carbamates (subject to hydrolysis) is 1. The average Bonchev–Trinajstić information content (AvgIpc) is 2.94. The van der Waals surface area contributed by atoms with Crippen LogP contribution in [-0.4, -0.2) is 28.8 Å². The molecule has 1 heterocycles. The highest BCUT2D eigenvalue weighted by Crippen LogP contribution is 2.28. The average molecular weight is 430 g/mol. The number of hydrogen-bond acceptors (Lipinski definition) is 6. The van der Waals surface area contributed by atoms with Crippen molar-refractivity contribution in [1.29, 1.82) is 0 Å². The van der Waals surface area contributed by atoms with Gasteiger partial charge in [-0.2, -0.15) is 0 Å². The third-order valence-electron chi connectivity index (χ3n) is 4.75. The number of carbonyl (C=O) groups is 2. The number of hydrogen-bond donors (Lipinski definition) is 2. The van der Waals surface area contributed by atoms with E-state index >= 15 is 0 Å². The molecule has 0 spiro atoms. The molecule has 2 N–H and O–H groups in total. The lowest BCUT2D eigenvalue weighted by Crippen LogP contribution is -2.42. The summed E-state index contributed by atoms with van der Waals surface area (Å²) in [5.74, 6) is -0.595. The second-order valence-corrected chi connectivity index (χ2v) is 6.93. The number of nitrogens with zero attached hydrogens (tertiary/aromatic N) is 2. The van der Waals surface area contributed by atoms with Crippen LogP contribution in [0.2, 0.25) is 0 Å². The molecule has 0 saturated heterocycles. The molecule has 4 rings (SSSR count). The maximum absolute atomic E-state index is 12.8. The number of fused-ring (bicyclic) bond motifs is 1. The van der Waals surface area contributed by atoms with Crippen molar-refractivity contribution in [3.63, 3.8) is 0 Å². The first-order valence-electron chi connectivity index (χ1n) is 9.71. The molecule has 0 aromatic heterocycles. The molecule has 0 aliphatic carbocycles. The molecule has 0 bridgehead atoms. The van der Waals surface area contributed by atoms with Gasteiger partial charge in [-0.15, -0.1) is 0 Å². The Morgan fingerprint density at radius 3 is 2.44 bits per heavy atom. The van der Waals surface area contributed by atoms with Gasteiger partial charge in [0.2, 0.25) is 6.17 Å². The van der Waals surface area contributed by atoms with Gasteiger partial charge in [-0.3, -0.25) is 20.2 Å². The van der Waals surface area contributed by atoms with Crippen molar-refractivity contribution >= 4 is 29.1 Å². The second-order valence-electron chi connectivity index (χ2n) is 6.93. The largest absolute Gasteiger partial charge is 0.445 e. The summed E-state index contributed by atoms with van der Waals surface area (Å²) in [4.78, 5) is 40.3. The number of aliphatic imine (C=N–C) groups is 1. The molecule has 9 nitrogen and oxygen atoms in total. The van der Waals surface area contributed by atoms with Crippen LogP contribution in [0.1, 0.15) is 16.7 Å². The van der Waals surface area contributed by atoms with E-state index in [0.29, 0.717) is 22.5 Å². The fourth-order valence-corrected chi connectivity index (χ4v) is 3.21. The molecule has 3 aromatic rings. The van der Waals surface area contributed by atoms with Crippen LogP contribution < -0.4 is 10.6 Å². The van der Waals surface area contributed by atoms with E-state index < -0.39 is 23.1 Å². The van der Waals surface area contributed by atoms with Crippen LogP contribution in [0.4, 0.5) is 16.2 Å². The Balaban J connectivity index is 1.64. The van der Waals surface area contributed by atoms with Gasteiger partial charge >= 0.3 is 6.09 Å². The molecule has 1 aliphatic heterocycles. The third kappa shape index (κ3) is 4.62. The molecule has 2 amide bonds. The lowest BCUT2D eigenvalue weighted by molar-refractivity contribution is -0.384. The summed E-state index contributed by atoms with van der Waals surface area (Å²) in [7, 11) is 0. The van der Waals surface area contributed by atoms with Gasteiger partial charge in [0, 0.05) is 23.3 Å². The van der Waals surface area contributed by atoms with Gasteiger partial charge < -0.3 is 10.1 Å². The highest BCUT2D eigenvalue weighted by atomic mass is 16.6. The highest BCUT2D eigenvalue weighted by molar-refractivity contribution is 6.20. The van der Waals surface area contributed by atoms with Crippen molar-refractivity contribution in [2.24, 2.45) is 4.99 Å². The number of nitro groups is 1. The fraction of sp³-hybridized carbons (Fsp3) is 0.0870. The predicted molar refractivity (Wildman–Crippen MR) is 117 cm³/mol. The Kier molecular flexibility index (Phi) is 5.89. The van der Waals surface area contributed by atoms with Crippen molar-refractivity contribution in [2.45, 2.75) is 12.8 Å². The quantitative estimate of drug-likeness (QED) is 0.473. The number of ether oxygens (including phenoxy) is 1. The Bertz CT molecular complexity index is 1200. The minimum absolute atomic E-state index is 0.0304. The van der Waals surface area contributed by atoms with Gasteiger partial charge in [0.1, 0.15) is 6.61 Å². The van der Waals surface area contributed by atoms with Gasteiger partial charge in [0.15, 0.2) is 0 Å². The minimum Gasteiger partial charge on any atom is -0.445 e. The molecule has 1 atom stereocenters. The summed E-state index contributed by atoms with van der Waals surface area (Å²) in [6, 6.07) is 22.1. The fourth-order valence-electron chi connectivity index (χ4n) is 3.21. The molecule has 0 saturated carbocycles. The molecule has 0 radical (unpaired) electrons. The lowest BCUT2D eigenvalue weighted by Gasteiger charge is -2.13. The van der Waals surface area contributed by atoms with Crippen molar-refractivity contribution in [1.82, 2.24) is 5.32 Å². The summed E-state index contributed by atoms with van der Waals surface area (Å²) in [6.45, 7) is 0.0304. The molecule has 1 aliphatic rings. The lowest BCUT2D eigenvalue weighted by atomic mass is 10.00. The van der Waals surface area contributed by atoms with Crippen molar-refractivity contribution < 1.29 is 19.2 Å². The maximum Gasteiger partial charge on any atom is 0.409 e. The van der Waals surface area contributed by atoms with Crippen LogP contribution in [0.3, 0.4) is 0 Å². The van der Waals surface area contributed by atoms with Crippen LogP contribution in [0.15, 0.2) is 83.9 Å². The van der Waals surface area contributed by atoms with E-state index in [1.807, 2.05) is 24.3 Å². The number of carbonyl (C=O) groups excluding carboxylic acids is 2. The molecular formula is C23H18N4O5. The van der Waals surface area contributed by atoms with Crippen LogP contribution in [0, 0.1) is 10.1 Å².